The number of benzene rings is 2. The second-order valence-corrected chi connectivity index (χ2v) is 8.62. The third-order valence-corrected chi connectivity index (χ3v) is 4.96. The van der Waals surface area contributed by atoms with Gasteiger partial charge in [0, 0.05) is 22.2 Å². The number of amides is 2. The van der Waals surface area contributed by atoms with Gasteiger partial charge in [-0.2, -0.15) is 5.10 Å². The minimum Gasteiger partial charge on any atom is -0.388 e. The lowest BCUT2D eigenvalue weighted by Gasteiger charge is -2.14. The van der Waals surface area contributed by atoms with Crippen molar-refractivity contribution in [2.45, 2.75) is 45.6 Å². The monoisotopic (exact) mass is 426 g/mol. The van der Waals surface area contributed by atoms with E-state index in [0.29, 0.717) is 22.9 Å². The van der Waals surface area contributed by atoms with Crippen LogP contribution in [0, 0.1) is 0 Å². The lowest BCUT2D eigenvalue weighted by atomic mass is 9.92. The number of carbonyl (C=O) groups is 1. The van der Waals surface area contributed by atoms with E-state index in [9.17, 15) is 9.90 Å². The van der Waals surface area contributed by atoms with Crippen LogP contribution in [0.3, 0.4) is 0 Å². The molecule has 0 aliphatic carbocycles. The highest BCUT2D eigenvalue weighted by Gasteiger charge is 2.22. The molecule has 0 aliphatic rings. The Labute approximate surface area is 181 Å². The summed E-state index contributed by atoms with van der Waals surface area (Å²) >= 11 is 5.90. The number of halogens is 1. The van der Waals surface area contributed by atoms with Crippen molar-refractivity contribution >= 4 is 29.1 Å². The van der Waals surface area contributed by atoms with Gasteiger partial charge in [-0.3, -0.25) is 5.32 Å². The second kappa shape index (κ2) is 8.90. The van der Waals surface area contributed by atoms with Crippen LogP contribution in [0.25, 0.3) is 5.69 Å². The lowest BCUT2D eigenvalue weighted by molar-refractivity contribution is 0.173. The molecule has 1 unspecified atom stereocenters. The number of rotatable bonds is 5. The molecule has 3 aromatic rings. The molecule has 7 heteroatoms. The number of carbonyl (C=O) groups excluding carboxylic acids is 1. The fourth-order valence-corrected chi connectivity index (χ4v) is 3.07. The second-order valence-electron chi connectivity index (χ2n) is 8.18. The number of anilines is 2. The van der Waals surface area contributed by atoms with E-state index < -0.39 is 6.10 Å². The van der Waals surface area contributed by atoms with Crippen LogP contribution < -0.4 is 10.6 Å². The number of nitrogens with zero attached hydrogens (tertiary/aromatic N) is 2. The molecule has 1 heterocycles. The van der Waals surface area contributed by atoms with Crippen LogP contribution in [0.4, 0.5) is 16.3 Å². The number of aliphatic hydroxyl groups excluding tert-OH is 1. The van der Waals surface area contributed by atoms with Crippen molar-refractivity contribution in [2.75, 3.05) is 10.6 Å². The molecule has 0 bridgehead atoms. The van der Waals surface area contributed by atoms with Gasteiger partial charge in [0.2, 0.25) is 0 Å². The third kappa shape index (κ3) is 5.20. The van der Waals surface area contributed by atoms with Crippen molar-refractivity contribution in [1.82, 2.24) is 9.78 Å². The zero-order valence-corrected chi connectivity index (χ0v) is 18.4. The summed E-state index contributed by atoms with van der Waals surface area (Å²) in [6.45, 7) is 8.12. The zero-order chi connectivity index (χ0) is 21.9. The standard InChI is InChI=1S/C23H27ClN4O2/c1-5-19(29)15-7-6-8-18(13-15)28-21(14-20(27-28)23(2,3)4)26-22(30)25-17-11-9-16(24)10-12-17/h6-14,19,29H,5H2,1-4H3,(H2,25,26,30). The number of hydrogen-bond donors (Lipinski definition) is 3. The van der Waals surface area contributed by atoms with Gasteiger partial charge < -0.3 is 10.4 Å². The fourth-order valence-electron chi connectivity index (χ4n) is 2.94. The first-order valence-corrected chi connectivity index (χ1v) is 10.3. The largest absolute Gasteiger partial charge is 0.388 e. The van der Waals surface area contributed by atoms with Gasteiger partial charge in [0.1, 0.15) is 5.82 Å². The molecule has 2 aromatic carbocycles. The molecule has 0 aliphatic heterocycles. The lowest BCUT2D eigenvalue weighted by Crippen LogP contribution is -2.21. The minimum absolute atomic E-state index is 0.200. The van der Waals surface area contributed by atoms with E-state index in [2.05, 4.69) is 31.4 Å². The topological polar surface area (TPSA) is 79.2 Å². The molecule has 0 fully saturated rings. The summed E-state index contributed by atoms with van der Waals surface area (Å²) in [6.07, 6.45) is 0.0666. The van der Waals surface area contributed by atoms with Gasteiger partial charge in [-0.05, 0) is 48.4 Å². The summed E-state index contributed by atoms with van der Waals surface area (Å²) in [7, 11) is 0. The van der Waals surface area contributed by atoms with Crippen LogP contribution in [0.5, 0.6) is 0 Å². The Hall–Kier alpha value is -2.83. The van der Waals surface area contributed by atoms with Crippen LogP contribution in [-0.2, 0) is 5.41 Å². The van der Waals surface area contributed by atoms with Crippen molar-refractivity contribution in [3.63, 3.8) is 0 Å². The van der Waals surface area contributed by atoms with E-state index in [1.807, 2.05) is 37.3 Å². The Morgan fingerprint density at radius 1 is 1.13 bits per heavy atom. The Morgan fingerprint density at radius 3 is 2.47 bits per heavy atom. The third-order valence-electron chi connectivity index (χ3n) is 4.71. The molecule has 6 nitrogen and oxygen atoms in total. The molecule has 2 amide bonds. The SMILES string of the molecule is CCC(O)c1cccc(-n2nc(C(C)(C)C)cc2NC(=O)Nc2ccc(Cl)cc2)c1. The molecule has 0 spiro atoms. The highest BCUT2D eigenvalue weighted by atomic mass is 35.5. The highest BCUT2D eigenvalue weighted by molar-refractivity contribution is 6.30. The summed E-state index contributed by atoms with van der Waals surface area (Å²) in [5.74, 6) is 0.537. The van der Waals surface area contributed by atoms with Crippen LogP contribution in [0.15, 0.2) is 54.6 Å². The number of aromatic nitrogens is 2. The average Bonchev–Trinajstić information content (AvgIpc) is 3.13. The van der Waals surface area contributed by atoms with Gasteiger partial charge in [0.15, 0.2) is 0 Å². The Kier molecular flexibility index (Phi) is 6.48. The maximum Gasteiger partial charge on any atom is 0.324 e. The number of hydrogen-bond acceptors (Lipinski definition) is 3. The maximum atomic E-state index is 12.6. The summed E-state index contributed by atoms with van der Waals surface area (Å²) in [5.41, 5.74) is 2.84. The molecular formula is C23H27ClN4O2. The van der Waals surface area contributed by atoms with Crippen LogP contribution >= 0.6 is 11.6 Å². The number of urea groups is 1. The van der Waals surface area contributed by atoms with Crippen molar-refractivity contribution < 1.29 is 9.90 Å². The highest BCUT2D eigenvalue weighted by Crippen LogP contribution is 2.28. The predicted octanol–water partition coefficient (Wildman–Crippen LogP) is 5.91. The van der Waals surface area contributed by atoms with Gasteiger partial charge in [0.05, 0.1) is 17.5 Å². The van der Waals surface area contributed by atoms with E-state index in [-0.39, 0.29) is 11.4 Å². The van der Waals surface area contributed by atoms with Crippen molar-refractivity contribution in [3.05, 3.63) is 70.9 Å². The summed E-state index contributed by atoms with van der Waals surface area (Å²) in [4.78, 5) is 12.6. The molecule has 0 saturated carbocycles. The molecule has 1 atom stereocenters. The van der Waals surface area contributed by atoms with E-state index in [1.165, 1.54) is 0 Å². The maximum absolute atomic E-state index is 12.6. The van der Waals surface area contributed by atoms with E-state index >= 15 is 0 Å². The summed E-state index contributed by atoms with van der Waals surface area (Å²) in [5, 5.41) is 21.2. The molecule has 3 rings (SSSR count). The van der Waals surface area contributed by atoms with Crippen LogP contribution in [0.1, 0.15) is 51.5 Å². The van der Waals surface area contributed by atoms with E-state index in [0.717, 1.165) is 16.9 Å². The predicted molar refractivity (Wildman–Crippen MR) is 122 cm³/mol. The van der Waals surface area contributed by atoms with Crippen molar-refractivity contribution in [3.8, 4) is 5.69 Å². The van der Waals surface area contributed by atoms with E-state index in [4.69, 9.17) is 16.7 Å². The van der Waals surface area contributed by atoms with Crippen molar-refractivity contribution in [2.24, 2.45) is 0 Å². The molecular weight excluding hydrogens is 400 g/mol. The quantitative estimate of drug-likeness (QED) is 0.474. The van der Waals surface area contributed by atoms with Gasteiger partial charge >= 0.3 is 6.03 Å². The zero-order valence-electron chi connectivity index (χ0n) is 17.6. The fraction of sp³-hybridized carbons (Fsp3) is 0.304. The summed E-state index contributed by atoms with van der Waals surface area (Å²) in [6, 6.07) is 15.9. The Balaban J connectivity index is 1.92. The molecule has 0 saturated heterocycles. The van der Waals surface area contributed by atoms with Crippen molar-refractivity contribution in [1.29, 1.82) is 0 Å². The van der Waals surface area contributed by atoms with E-state index in [1.54, 1.807) is 28.9 Å². The number of nitrogens with one attached hydrogen (secondary N) is 2. The molecule has 0 radical (unpaired) electrons. The minimum atomic E-state index is -0.549. The first-order chi connectivity index (χ1) is 14.2. The van der Waals surface area contributed by atoms with Crippen LogP contribution in [0.2, 0.25) is 5.02 Å². The first kappa shape index (κ1) is 21.9. The first-order valence-electron chi connectivity index (χ1n) is 9.90. The molecule has 3 N–H and O–H groups in total. The van der Waals surface area contributed by atoms with Gasteiger partial charge in [-0.15, -0.1) is 0 Å². The summed E-state index contributed by atoms with van der Waals surface area (Å²) < 4.78 is 1.69. The molecule has 1 aromatic heterocycles. The van der Waals surface area contributed by atoms with Gasteiger partial charge in [-0.25, -0.2) is 9.48 Å². The van der Waals surface area contributed by atoms with Crippen LogP contribution in [-0.4, -0.2) is 20.9 Å². The average molecular weight is 427 g/mol. The smallest absolute Gasteiger partial charge is 0.324 e. The molecule has 30 heavy (non-hydrogen) atoms. The Bertz CT molecular complexity index is 1020. The van der Waals surface area contributed by atoms with Gasteiger partial charge in [-0.1, -0.05) is 51.4 Å². The Morgan fingerprint density at radius 2 is 1.83 bits per heavy atom. The van der Waals surface area contributed by atoms with Gasteiger partial charge in [0.25, 0.3) is 0 Å². The normalized spacial score (nSPS) is 12.5. The molecule has 158 valence electrons. The number of aliphatic hydroxyl groups is 1.